The summed E-state index contributed by atoms with van der Waals surface area (Å²) in [6, 6.07) is -3.43. The van der Waals surface area contributed by atoms with E-state index in [0.717, 1.165) is 4.90 Å². The first-order chi connectivity index (χ1) is 39.5. The van der Waals surface area contributed by atoms with E-state index >= 15 is 0 Å². The van der Waals surface area contributed by atoms with Crippen LogP contribution in [-0.4, -0.2) is 183 Å². The molecule has 3 rings (SSSR count). The van der Waals surface area contributed by atoms with Gasteiger partial charge in [0, 0.05) is 38.6 Å². The van der Waals surface area contributed by atoms with Crippen LogP contribution in [0.5, 0.6) is 0 Å². The lowest BCUT2D eigenvalue weighted by Crippen LogP contribution is -2.60. The van der Waals surface area contributed by atoms with Gasteiger partial charge >= 0.3 is 34.3 Å². The first-order valence-electron chi connectivity index (χ1n) is 27.1. The van der Waals surface area contributed by atoms with Crippen molar-refractivity contribution in [2.75, 3.05) is 13.1 Å². The number of hydrogen-bond acceptors (Lipinski definition) is 16. The highest BCUT2D eigenvalue weighted by Gasteiger charge is 2.41. The van der Waals surface area contributed by atoms with Gasteiger partial charge in [0.15, 0.2) is 0 Å². The van der Waals surface area contributed by atoms with Crippen LogP contribution in [0, 0.1) is 11.8 Å². The Labute approximate surface area is 484 Å². The number of carbonyl (C=O) groups excluding carboxylic acids is 9. The summed E-state index contributed by atoms with van der Waals surface area (Å²) in [6.45, 7) is 5.81. The van der Waals surface area contributed by atoms with Crippen LogP contribution in [-0.2, 0) is 83.3 Å². The number of hydrogen-bond donors (Lipinski definition) is 13. The van der Waals surface area contributed by atoms with Gasteiger partial charge in [-0.3, -0.25) is 62.1 Å². The van der Waals surface area contributed by atoms with Gasteiger partial charge in [-0.25, -0.2) is 8.98 Å². The molecule has 0 radical (unpaired) electrons. The number of allylic oxidation sites excluding steroid dienone is 1. The number of rotatable bonds is 37. The maximum absolute atomic E-state index is 14.4. The van der Waals surface area contributed by atoms with Crippen molar-refractivity contribution >= 4 is 87.9 Å². The Morgan fingerprint density at radius 3 is 1.69 bits per heavy atom. The molecular weight excluding hydrogens is 1130 g/mol. The van der Waals surface area contributed by atoms with Crippen LogP contribution >= 0.6 is 0 Å². The minimum Gasteiger partial charge on any atom is -0.481 e. The van der Waals surface area contributed by atoms with Crippen LogP contribution in [0.4, 0.5) is 0 Å². The zero-order valence-corrected chi connectivity index (χ0v) is 47.6. The van der Waals surface area contributed by atoms with Gasteiger partial charge in [0.25, 0.3) is 0 Å². The van der Waals surface area contributed by atoms with Gasteiger partial charge in [0.05, 0.1) is 6.54 Å². The van der Waals surface area contributed by atoms with Gasteiger partial charge in [-0.2, -0.15) is 8.42 Å². The molecule has 1 aromatic rings. The van der Waals surface area contributed by atoms with E-state index in [4.69, 9.17) is 4.55 Å². The maximum atomic E-state index is 14.4. The summed E-state index contributed by atoms with van der Waals surface area (Å²) in [5.74, 6) is -14.2. The van der Waals surface area contributed by atoms with Crippen molar-refractivity contribution in [3.63, 3.8) is 0 Å². The van der Waals surface area contributed by atoms with Crippen LogP contribution in [0.15, 0.2) is 54.1 Å². The second kappa shape index (κ2) is 34.3. The number of benzene rings is 1. The van der Waals surface area contributed by atoms with Gasteiger partial charge in [0.1, 0.15) is 54.4 Å². The summed E-state index contributed by atoms with van der Waals surface area (Å²) in [7, 11) is -4.84. The summed E-state index contributed by atoms with van der Waals surface area (Å²) in [6.07, 6.45) is -0.431. The van der Waals surface area contributed by atoms with Crippen molar-refractivity contribution in [1.29, 1.82) is 0 Å². The largest absolute Gasteiger partial charge is 0.481 e. The van der Waals surface area contributed by atoms with Gasteiger partial charge in [-0.1, -0.05) is 82.7 Å². The van der Waals surface area contributed by atoms with Crippen LogP contribution in [0.3, 0.4) is 0 Å². The minimum absolute atomic E-state index is 0.0200. The van der Waals surface area contributed by atoms with Crippen molar-refractivity contribution < 1.29 is 99.9 Å². The van der Waals surface area contributed by atoms with E-state index in [2.05, 4.69) is 46.7 Å². The van der Waals surface area contributed by atoms with Crippen molar-refractivity contribution in [3.05, 3.63) is 59.7 Å². The number of nitrogens with one attached hydrogen (secondary N) is 8. The van der Waals surface area contributed by atoms with E-state index in [9.17, 15) is 91.2 Å². The molecule has 464 valence electrons. The normalized spacial score (nSPS) is 17.6. The molecule has 1 aromatic carbocycles. The third-order valence-corrected chi connectivity index (χ3v) is 14.0. The predicted molar refractivity (Wildman–Crippen MR) is 292 cm³/mol. The smallest absolute Gasteiger partial charge is 0.397 e. The second-order valence-electron chi connectivity index (χ2n) is 20.6. The van der Waals surface area contributed by atoms with Gasteiger partial charge < -0.3 is 67.9 Å². The van der Waals surface area contributed by atoms with E-state index in [1.54, 1.807) is 58.0 Å². The van der Waals surface area contributed by atoms with E-state index < -0.39 is 187 Å². The Hall–Kier alpha value is -8.32. The maximum Gasteiger partial charge on any atom is 0.397 e. The molecule has 0 unspecified atom stereocenters. The van der Waals surface area contributed by atoms with E-state index in [-0.39, 0.29) is 63.8 Å². The molecule has 31 heteroatoms. The summed E-state index contributed by atoms with van der Waals surface area (Å²) < 4.78 is 36.1. The van der Waals surface area contributed by atoms with E-state index in [1.807, 2.05) is 0 Å². The van der Waals surface area contributed by atoms with E-state index in [0.29, 0.717) is 11.1 Å². The Kier molecular flexibility index (Phi) is 28.6. The number of carbonyl (C=O) groups is 13. The molecule has 0 aromatic heterocycles. The number of aliphatic carboxylic acids is 4. The summed E-state index contributed by atoms with van der Waals surface area (Å²) in [4.78, 5) is 170. The Bertz CT molecular complexity index is 2720. The third-order valence-electron chi connectivity index (χ3n) is 13.5. The lowest BCUT2D eigenvalue weighted by atomic mass is 9.96. The summed E-state index contributed by atoms with van der Waals surface area (Å²) in [5.41, 5.74) is 0.943. The van der Waals surface area contributed by atoms with Gasteiger partial charge in [0.2, 0.25) is 53.7 Å². The Morgan fingerprint density at radius 1 is 0.690 bits per heavy atom. The molecule has 0 saturated carbocycles. The van der Waals surface area contributed by atoms with Crippen LogP contribution in [0.2, 0.25) is 0 Å². The molecule has 1 aliphatic heterocycles. The Balaban J connectivity index is 1.80. The van der Waals surface area contributed by atoms with Crippen molar-refractivity contribution in [2.24, 2.45) is 11.8 Å². The molecule has 1 aliphatic carbocycles. The number of carboxylic acid groups (broad SMARTS) is 4. The fourth-order valence-corrected chi connectivity index (χ4v) is 9.42. The molecule has 84 heavy (non-hydrogen) atoms. The number of amides is 9. The average molecular weight is 1210 g/mol. The minimum atomic E-state index is -4.84. The predicted octanol–water partition coefficient (Wildman–Crippen LogP) is -1.40. The van der Waals surface area contributed by atoms with Crippen molar-refractivity contribution in [1.82, 2.24) is 47.4 Å². The monoisotopic (exact) mass is 1210 g/mol. The Morgan fingerprint density at radius 2 is 1.20 bits per heavy atom. The highest BCUT2D eigenvalue weighted by Crippen LogP contribution is 2.23. The first-order valence-corrected chi connectivity index (χ1v) is 28.4. The molecular formula is C53H75N9O21S. The van der Waals surface area contributed by atoms with Crippen LogP contribution in [0.1, 0.15) is 110 Å². The molecule has 0 bridgehead atoms. The lowest BCUT2D eigenvalue weighted by Gasteiger charge is -2.32. The SMILES string of the molecule is CC[C@H](C)[C@H](NC(=O)[C@H](CCC(=O)O)NC(=O)[C@H](CCC(=O)O)NC(=O)[C@H](Cc1ccccc1)NC=O)C(=O)N1CCC[C@H]1C(=O)NCC(=O)N[C@@H](CCC(=O)O)C(=O)N[C@@H](CC1=CC[C@@H](OS(=O)(=O)O)C=C1)C(=O)N[C@@H](CC(C)C)C(=O)O. The topological polar surface area (TPSA) is 466 Å². The van der Waals surface area contributed by atoms with Gasteiger partial charge in [-0.15, -0.1) is 0 Å². The van der Waals surface area contributed by atoms with Crippen LogP contribution in [0.25, 0.3) is 0 Å². The zero-order valence-electron chi connectivity index (χ0n) is 46.8. The fraction of sp³-hybridized carbons (Fsp3) is 0.566. The van der Waals surface area contributed by atoms with Crippen LogP contribution < -0.4 is 42.5 Å². The van der Waals surface area contributed by atoms with Crippen molar-refractivity contribution in [2.45, 2.75) is 166 Å². The molecule has 30 nitrogen and oxygen atoms in total. The average Bonchev–Trinajstić information content (AvgIpc) is 3.39. The zero-order chi connectivity index (χ0) is 62.8. The molecule has 10 atom stereocenters. The molecule has 9 amide bonds. The quantitative estimate of drug-likeness (QED) is 0.0269. The molecule has 1 heterocycles. The highest BCUT2D eigenvalue weighted by atomic mass is 32.3. The third kappa shape index (κ3) is 24.6. The molecule has 1 saturated heterocycles. The number of nitrogens with zero attached hydrogens (tertiary/aromatic N) is 1. The molecule has 13 N–H and O–H groups in total. The highest BCUT2D eigenvalue weighted by molar-refractivity contribution is 7.80. The molecule has 0 spiro atoms. The number of carboxylic acids is 4. The summed E-state index contributed by atoms with van der Waals surface area (Å²) in [5, 5.41) is 57.5. The van der Waals surface area contributed by atoms with Gasteiger partial charge in [-0.05, 0) is 67.9 Å². The standard InChI is InChI=1S/C53H75N9O21S/c1-5-30(4)45(61-48(73)36(19-22-44(69)70)57-47(72)35(18-21-43(67)68)58-49(74)37(55-28-63)25-31-10-7-6-8-11-31)52(77)62-23-9-12-40(62)51(76)54-27-41(64)56-34(17-20-42(65)66)46(71)59-38(50(75)60-39(53(78)79)24-29(2)3)26-32-13-15-33(16-14-32)83-84(80,81)82/h6-8,10-11,13-15,28-30,33-40,45H,5,9,12,16-27H2,1-4H3,(H,54,76)(H,55,63)(H,56,64)(H,57,72)(H,58,74)(H,59,71)(H,60,75)(H,61,73)(H,65,66)(H,67,68)(H,69,70)(H,78,79)(H,80,81,82)/t30-,33-,34-,35-,36-,37-,38-,39-,40-,45-/m0/s1. The van der Waals surface area contributed by atoms with E-state index in [1.165, 1.54) is 18.2 Å². The first kappa shape index (κ1) is 69.9. The fourth-order valence-electron chi connectivity index (χ4n) is 8.97. The molecule has 2 aliphatic rings. The summed E-state index contributed by atoms with van der Waals surface area (Å²) >= 11 is 0. The second-order valence-corrected chi connectivity index (χ2v) is 21.6. The lowest BCUT2D eigenvalue weighted by molar-refractivity contribution is -0.143. The molecule has 1 fully saturated rings. The number of likely N-dealkylation sites (tertiary alicyclic amines) is 1. The van der Waals surface area contributed by atoms with Crippen molar-refractivity contribution in [3.8, 4) is 0 Å².